The zero-order chi connectivity index (χ0) is 16.4. The highest BCUT2D eigenvalue weighted by atomic mass is 16.5. The summed E-state index contributed by atoms with van der Waals surface area (Å²) in [4.78, 5) is 4.37. The lowest BCUT2D eigenvalue weighted by Crippen LogP contribution is -2.68. The average Bonchev–Trinajstić information content (AvgIpc) is 2.78. The molecular formula is C17H28N4O2. The van der Waals surface area contributed by atoms with E-state index >= 15 is 0 Å². The molecule has 0 bridgehead atoms. The van der Waals surface area contributed by atoms with Gasteiger partial charge in [0.1, 0.15) is 5.76 Å². The maximum absolute atomic E-state index is 5.91. The first-order chi connectivity index (χ1) is 11.1. The normalized spacial score (nSPS) is 25.8. The zero-order valence-corrected chi connectivity index (χ0v) is 14.6. The smallest absolute Gasteiger partial charge is 0.191 e. The molecule has 2 N–H and O–H groups in total. The molecule has 0 aromatic carbocycles. The van der Waals surface area contributed by atoms with Crippen molar-refractivity contribution in [3.8, 4) is 0 Å². The molecule has 6 nitrogen and oxygen atoms in total. The van der Waals surface area contributed by atoms with Gasteiger partial charge in [0.25, 0.3) is 0 Å². The van der Waals surface area contributed by atoms with Crippen molar-refractivity contribution >= 4 is 5.96 Å². The Hall–Kier alpha value is -1.56. The largest absolute Gasteiger partial charge is 0.378 e. The van der Waals surface area contributed by atoms with Gasteiger partial charge < -0.3 is 19.9 Å². The Morgan fingerprint density at radius 2 is 2.22 bits per heavy atom. The second-order valence-corrected chi connectivity index (χ2v) is 6.69. The van der Waals surface area contributed by atoms with Crippen LogP contribution in [0.5, 0.6) is 0 Å². The van der Waals surface area contributed by atoms with Gasteiger partial charge in [-0.25, -0.2) is 0 Å². The van der Waals surface area contributed by atoms with Crippen LogP contribution in [-0.2, 0) is 11.3 Å². The molecule has 0 saturated heterocycles. The van der Waals surface area contributed by atoms with E-state index in [4.69, 9.17) is 9.26 Å². The Balaban J connectivity index is 1.56. The van der Waals surface area contributed by atoms with E-state index in [9.17, 15) is 0 Å². The summed E-state index contributed by atoms with van der Waals surface area (Å²) in [5.74, 6) is 1.71. The Morgan fingerprint density at radius 1 is 1.43 bits per heavy atom. The standard InChI is InChI=1S/C17H28N4O2/c1-5-22-15-9-14(17(15)7-6-8-17)20-16(18-4)19-10-13-11(2)21-23-12(13)3/h14-15H,5-10H2,1-4H3,(H2,18,19,20). The lowest BCUT2D eigenvalue weighted by molar-refractivity contribution is -0.168. The second-order valence-electron chi connectivity index (χ2n) is 6.69. The van der Waals surface area contributed by atoms with Crippen LogP contribution in [0.15, 0.2) is 9.52 Å². The first-order valence-corrected chi connectivity index (χ1v) is 8.61. The van der Waals surface area contributed by atoms with Crippen LogP contribution in [0.4, 0.5) is 0 Å². The quantitative estimate of drug-likeness (QED) is 0.643. The van der Waals surface area contributed by atoms with Crippen LogP contribution in [0.3, 0.4) is 0 Å². The number of aryl methyl sites for hydroxylation is 2. The fourth-order valence-electron chi connectivity index (χ4n) is 3.93. The third-order valence-electron chi connectivity index (χ3n) is 5.59. The van der Waals surface area contributed by atoms with Gasteiger partial charge in [0, 0.05) is 37.2 Å². The van der Waals surface area contributed by atoms with Crippen molar-refractivity contribution in [3.05, 3.63) is 17.0 Å². The van der Waals surface area contributed by atoms with Crippen molar-refractivity contribution < 1.29 is 9.26 Å². The number of aliphatic imine (C=N–C) groups is 1. The Morgan fingerprint density at radius 3 is 2.74 bits per heavy atom. The number of nitrogens with zero attached hydrogens (tertiary/aromatic N) is 2. The summed E-state index contributed by atoms with van der Waals surface area (Å²) in [5, 5.41) is 11.0. The highest BCUT2D eigenvalue weighted by Gasteiger charge is 2.59. The van der Waals surface area contributed by atoms with Crippen molar-refractivity contribution in [2.24, 2.45) is 10.4 Å². The number of hydrogen-bond donors (Lipinski definition) is 2. The lowest BCUT2D eigenvalue weighted by atomic mass is 9.51. The first-order valence-electron chi connectivity index (χ1n) is 8.61. The minimum absolute atomic E-state index is 0.330. The third-order valence-corrected chi connectivity index (χ3v) is 5.59. The molecular weight excluding hydrogens is 292 g/mol. The van der Waals surface area contributed by atoms with Gasteiger partial charge in [-0.2, -0.15) is 0 Å². The molecule has 0 aliphatic heterocycles. The molecule has 2 aliphatic rings. The van der Waals surface area contributed by atoms with Gasteiger partial charge in [-0.3, -0.25) is 4.99 Å². The summed E-state index contributed by atoms with van der Waals surface area (Å²) in [6.45, 7) is 7.46. The fraction of sp³-hybridized carbons (Fsp3) is 0.765. The number of ether oxygens (including phenoxy) is 1. The molecule has 128 valence electrons. The number of guanidine groups is 1. The zero-order valence-electron chi connectivity index (χ0n) is 14.6. The van der Waals surface area contributed by atoms with E-state index in [-0.39, 0.29) is 0 Å². The molecule has 1 aromatic rings. The van der Waals surface area contributed by atoms with Crippen LogP contribution in [-0.4, -0.2) is 36.9 Å². The Bertz CT molecular complexity index is 558. The van der Waals surface area contributed by atoms with Crippen LogP contribution in [0.2, 0.25) is 0 Å². The molecule has 2 fully saturated rings. The van der Waals surface area contributed by atoms with E-state index in [1.807, 2.05) is 20.9 Å². The van der Waals surface area contributed by atoms with E-state index in [0.29, 0.717) is 24.1 Å². The van der Waals surface area contributed by atoms with Crippen LogP contribution < -0.4 is 10.6 Å². The summed E-state index contributed by atoms with van der Waals surface area (Å²) in [7, 11) is 1.81. The summed E-state index contributed by atoms with van der Waals surface area (Å²) in [5.41, 5.74) is 2.37. The van der Waals surface area contributed by atoms with E-state index in [0.717, 1.165) is 36.0 Å². The molecule has 1 aromatic heterocycles. The van der Waals surface area contributed by atoms with Crippen molar-refractivity contribution in [3.63, 3.8) is 0 Å². The van der Waals surface area contributed by atoms with Crippen molar-refractivity contribution in [2.45, 2.75) is 65.1 Å². The maximum atomic E-state index is 5.91. The van der Waals surface area contributed by atoms with Gasteiger partial charge in [-0.15, -0.1) is 0 Å². The van der Waals surface area contributed by atoms with Gasteiger partial charge in [-0.05, 0) is 40.0 Å². The molecule has 2 unspecified atom stereocenters. The molecule has 6 heteroatoms. The highest BCUT2D eigenvalue weighted by molar-refractivity contribution is 5.80. The highest BCUT2D eigenvalue weighted by Crippen LogP contribution is 2.57. The molecule has 2 aliphatic carbocycles. The number of rotatable bonds is 5. The van der Waals surface area contributed by atoms with Crippen molar-refractivity contribution in [1.29, 1.82) is 0 Å². The van der Waals surface area contributed by atoms with Crippen LogP contribution in [0.1, 0.15) is 49.6 Å². The molecule has 2 atom stereocenters. The minimum Gasteiger partial charge on any atom is -0.378 e. The van der Waals surface area contributed by atoms with Crippen molar-refractivity contribution in [2.75, 3.05) is 13.7 Å². The first kappa shape index (κ1) is 16.3. The van der Waals surface area contributed by atoms with Gasteiger partial charge in [0.2, 0.25) is 0 Å². The minimum atomic E-state index is 0.330. The number of hydrogen-bond acceptors (Lipinski definition) is 4. The molecule has 0 radical (unpaired) electrons. The van der Waals surface area contributed by atoms with E-state index in [2.05, 4.69) is 27.7 Å². The molecule has 1 heterocycles. The van der Waals surface area contributed by atoms with Crippen LogP contribution in [0, 0.1) is 19.3 Å². The Labute approximate surface area is 138 Å². The molecule has 0 amide bonds. The predicted molar refractivity (Wildman–Crippen MR) is 89.4 cm³/mol. The summed E-state index contributed by atoms with van der Waals surface area (Å²) < 4.78 is 11.1. The molecule has 23 heavy (non-hydrogen) atoms. The fourth-order valence-corrected chi connectivity index (χ4v) is 3.93. The van der Waals surface area contributed by atoms with Crippen LogP contribution in [0.25, 0.3) is 0 Å². The average molecular weight is 320 g/mol. The van der Waals surface area contributed by atoms with E-state index in [1.54, 1.807) is 0 Å². The maximum Gasteiger partial charge on any atom is 0.191 e. The SMILES string of the molecule is CCOC1CC(NC(=NC)NCc2c(C)noc2C)C12CCC2. The predicted octanol–water partition coefficient (Wildman–Crippen LogP) is 2.30. The second kappa shape index (κ2) is 6.51. The van der Waals surface area contributed by atoms with Crippen LogP contribution >= 0.6 is 0 Å². The summed E-state index contributed by atoms with van der Waals surface area (Å²) in [6.07, 6.45) is 5.32. The van der Waals surface area contributed by atoms with Gasteiger partial charge in [0.05, 0.1) is 11.8 Å². The van der Waals surface area contributed by atoms with E-state index in [1.165, 1.54) is 19.3 Å². The Kier molecular flexibility index (Phi) is 4.62. The third kappa shape index (κ3) is 2.84. The number of aromatic nitrogens is 1. The topological polar surface area (TPSA) is 71.7 Å². The molecule has 3 rings (SSSR count). The number of nitrogens with one attached hydrogen (secondary N) is 2. The molecule has 1 spiro atoms. The monoisotopic (exact) mass is 320 g/mol. The van der Waals surface area contributed by atoms with Gasteiger partial charge >= 0.3 is 0 Å². The van der Waals surface area contributed by atoms with Gasteiger partial charge in [-0.1, -0.05) is 11.6 Å². The summed E-state index contributed by atoms with van der Waals surface area (Å²) >= 11 is 0. The van der Waals surface area contributed by atoms with Gasteiger partial charge in [0.15, 0.2) is 5.96 Å². The molecule has 2 saturated carbocycles. The van der Waals surface area contributed by atoms with Crippen molar-refractivity contribution in [1.82, 2.24) is 15.8 Å². The summed E-state index contributed by atoms with van der Waals surface area (Å²) in [6, 6.07) is 0.462. The van der Waals surface area contributed by atoms with E-state index < -0.39 is 0 Å². The lowest BCUT2D eigenvalue weighted by Gasteiger charge is -2.61.